The summed E-state index contributed by atoms with van der Waals surface area (Å²) in [6, 6.07) is 8.96. The van der Waals surface area contributed by atoms with Gasteiger partial charge in [-0.05, 0) is 56.4 Å². The van der Waals surface area contributed by atoms with Gasteiger partial charge in [-0.1, -0.05) is 11.6 Å². The van der Waals surface area contributed by atoms with Gasteiger partial charge in [0.05, 0.1) is 22.1 Å². The van der Waals surface area contributed by atoms with Crippen LogP contribution in [0.3, 0.4) is 0 Å². The molecule has 0 unspecified atom stereocenters. The second kappa shape index (κ2) is 10.8. The highest BCUT2D eigenvalue weighted by Gasteiger charge is 2.28. The molecule has 184 valence electrons. The number of rotatable bonds is 7. The average molecular weight is 526 g/mol. The molecule has 0 saturated heterocycles. The minimum atomic E-state index is -0.687. The quantitative estimate of drug-likeness (QED) is 0.128. The van der Waals surface area contributed by atoms with Gasteiger partial charge < -0.3 is 14.5 Å². The number of hydrogen-bond donors (Lipinski definition) is 1. The van der Waals surface area contributed by atoms with Crippen molar-refractivity contribution in [2.75, 3.05) is 11.9 Å². The van der Waals surface area contributed by atoms with Gasteiger partial charge in [0.1, 0.15) is 28.2 Å². The molecule has 2 heterocycles. The van der Waals surface area contributed by atoms with Crippen LogP contribution in [0.15, 0.2) is 40.3 Å². The fraction of sp³-hybridized carbons (Fsp3) is 0.240. The first-order chi connectivity index (χ1) is 17.3. The zero-order valence-electron chi connectivity index (χ0n) is 19.1. The first kappa shape index (κ1) is 25.2. The van der Waals surface area contributed by atoms with E-state index in [0.717, 1.165) is 36.1 Å². The molecule has 9 nitrogen and oxygen atoms in total. The highest BCUT2D eigenvalue weighted by atomic mass is 35.5. The molecule has 2 aromatic heterocycles. The molecule has 0 radical (unpaired) electrons. The first-order valence-corrected chi connectivity index (χ1v) is 12.3. The third-order valence-electron chi connectivity index (χ3n) is 5.59. The summed E-state index contributed by atoms with van der Waals surface area (Å²) in [5, 5.41) is 23.7. The maximum atomic E-state index is 13.0. The average Bonchev–Trinajstić information content (AvgIpc) is 3.46. The van der Waals surface area contributed by atoms with Gasteiger partial charge in [0, 0.05) is 28.6 Å². The van der Waals surface area contributed by atoms with Gasteiger partial charge in [-0.15, -0.1) is 11.3 Å². The molecular weight excluding hydrogens is 506 g/mol. The molecule has 1 aromatic carbocycles. The van der Waals surface area contributed by atoms with Crippen molar-refractivity contribution in [1.29, 1.82) is 5.26 Å². The number of anilines is 1. The lowest BCUT2D eigenvalue weighted by Crippen LogP contribution is -2.16. The molecule has 11 heteroatoms. The smallest absolute Gasteiger partial charge is 0.341 e. The third-order valence-corrected chi connectivity index (χ3v) is 7.11. The van der Waals surface area contributed by atoms with Crippen molar-refractivity contribution in [3.05, 3.63) is 72.8 Å². The lowest BCUT2D eigenvalue weighted by Gasteiger charge is -2.12. The van der Waals surface area contributed by atoms with Crippen molar-refractivity contribution < 1.29 is 23.7 Å². The molecule has 3 aromatic rings. The van der Waals surface area contributed by atoms with Gasteiger partial charge in [0.15, 0.2) is 0 Å². The fourth-order valence-corrected chi connectivity index (χ4v) is 5.47. The van der Waals surface area contributed by atoms with Crippen molar-refractivity contribution >= 4 is 51.6 Å². The van der Waals surface area contributed by atoms with Crippen LogP contribution in [0.4, 0.5) is 10.7 Å². The molecule has 36 heavy (non-hydrogen) atoms. The van der Waals surface area contributed by atoms with E-state index in [2.05, 4.69) is 5.32 Å². The molecule has 1 aliphatic rings. The number of furan rings is 1. The zero-order chi connectivity index (χ0) is 25.8. The Balaban J connectivity index is 1.59. The summed E-state index contributed by atoms with van der Waals surface area (Å²) < 4.78 is 10.9. The van der Waals surface area contributed by atoms with E-state index in [1.54, 1.807) is 19.1 Å². The summed E-state index contributed by atoms with van der Waals surface area (Å²) >= 11 is 7.49. The molecule has 4 rings (SSSR count). The highest BCUT2D eigenvalue weighted by molar-refractivity contribution is 7.17. The molecule has 0 saturated carbocycles. The predicted molar refractivity (Wildman–Crippen MR) is 135 cm³/mol. The molecule has 0 bridgehead atoms. The number of nitrogens with zero attached hydrogens (tertiary/aromatic N) is 2. The Morgan fingerprint density at radius 2 is 2.08 bits per heavy atom. The van der Waals surface area contributed by atoms with Crippen molar-refractivity contribution in [2.24, 2.45) is 0 Å². The molecular formula is C25H20ClN3O6S. The van der Waals surface area contributed by atoms with Crippen molar-refractivity contribution in [1.82, 2.24) is 0 Å². The summed E-state index contributed by atoms with van der Waals surface area (Å²) in [4.78, 5) is 37.0. The van der Waals surface area contributed by atoms with E-state index in [1.165, 1.54) is 35.6 Å². The lowest BCUT2D eigenvalue weighted by molar-refractivity contribution is -0.384. The summed E-state index contributed by atoms with van der Waals surface area (Å²) in [6.07, 6.45) is 4.79. The Morgan fingerprint density at radius 1 is 1.31 bits per heavy atom. The Hall–Kier alpha value is -3.94. The van der Waals surface area contributed by atoms with Crippen LogP contribution < -0.4 is 5.32 Å². The molecule has 1 amide bonds. The topological polar surface area (TPSA) is 135 Å². The fourth-order valence-electron chi connectivity index (χ4n) is 3.93. The van der Waals surface area contributed by atoms with Crippen molar-refractivity contribution in [3.63, 3.8) is 0 Å². The number of hydrogen-bond acceptors (Lipinski definition) is 8. The Labute approximate surface area is 215 Å². The summed E-state index contributed by atoms with van der Waals surface area (Å²) in [5.74, 6) is -0.658. The number of thiophene rings is 1. The van der Waals surface area contributed by atoms with E-state index >= 15 is 0 Å². The molecule has 0 spiro atoms. The van der Waals surface area contributed by atoms with Crippen LogP contribution in [0, 0.1) is 21.4 Å². The number of amides is 1. The zero-order valence-corrected chi connectivity index (χ0v) is 20.7. The number of ether oxygens (including phenoxy) is 1. The van der Waals surface area contributed by atoms with Crippen molar-refractivity contribution in [2.45, 2.75) is 32.6 Å². The van der Waals surface area contributed by atoms with E-state index in [0.29, 0.717) is 21.9 Å². The SMILES string of the molecule is CCOC(=O)c1c(NC(=O)/C(C#N)=C/c2ccc(-c3ccc([N+](=O)[O-])cc3Cl)o2)sc2c1CCCC2. The van der Waals surface area contributed by atoms with Gasteiger partial charge in [0.2, 0.25) is 0 Å². The van der Waals surface area contributed by atoms with Crippen LogP contribution in [0.2, 0.25) is 5.02 Å². The van der Waals surface area contributed by atoms with Gasteiger partial charge >= 0.3 is 5.97 Å². The summed E-state index contributed by atoms with van der Waals surface area (Å²) in [5.41, 5.74) is 1.30. The monoisotopic (exact) mass is 525 g/mol. The lowest BCUT2D eigenvalue weighted by atomic mass is 9.95. The second-order valence-electron chi connectivity index (χ2n) is 7.88. The Bertz CT molecular complexity index is 1430. The Kier molecular flexibility index (Phi) is 7.52. The van der Waals surface area contributed by atoms with E-state index < -0.39 is 16.8 Å². The predicted octanol–water partition coefficient (Wildman–Crippen LogP) is 6.17. The molecule has 0 atom stereocenters. The number of benzene rings is 1. The van der Waals surface area contributed by atoms with E-state index in [9.17, 15) is 25.0 Å². The maximum Gasteiger partial charge on any atom is 0.341 e. The third kappa shape index (κ3) is 5.17. The second-order valence-corrected chi connectivity index (χ2v) is 9.40. The summed E-state index contributed by atoms with van der Waals surface area (Å²) in [7, 11) is 0. The van der Waals surface area contributed by atoms with Crippen LogP contribution in [-0.2, 0) is 22.4 Å². The minimum Gasteiger partial charge on any atom is -0.462 e. The number of nitriles is 1. The number of fused-ring (bicyclic) bond motifs is 1. The number of non-ortho nitro benzene ring substituents is 1. The number of esters is 1. The van der Waals surface area contributed by atoms with Gasteiger partial charge in [0.25, 0.3) is 11.6 Å². The normalized spacial score (nSPS) is 13.0. The van der Waals surface area contributed by atoms with Crippen LogP contribution in [0.5, 0.6) is 0 Å². The number of carbonyl (C=O) groups excluding carboxylic acids is 2. The van der Waals surface area contributed by atoms with E-state index in [4.69, 9.17) is 20.8 Å². The van der Waals surface area contributed by atoms with Gasteiger partial charge in [-0.25, -0.2) is 4.79 Å². The Morgan fingerprint density at radius 3 is 2.78 bits per heavy atom. The first-order valence-electron chi connectivity index (χ1n) is 11.1. The molecule has 1 aliphatic carbocycles. The molecule has 1 N–H and O–H groups in total. The molecule has 0 aliphatic heterocycles. The van der Waals surface area contributed by atoms with Gasteiger partial charge in [-0.2, -0.15) is 5.26 Å². The van der Waals surface area contributed by atoms with E-state index in [1.807, 2.05) is 6.07 Å². The standard InChI is InChI=1S/C25H20ClN3O6S/c1-2-34-25(31)22-18-5-3-4-6-21(18)36-24(22)28-23(30)14(13-27)11-16-8-10-20(35-16)17-9-7-15(29(32)33)12-19(17)26/h7-12H,2-6H2,1H3,(H,28,30)/b14-11+. The van der Waals surface area contributed by atoms with Crippen LogP contribution in [0.1, 0.15) is 46.3 Å². The minimum absolute atomic E-state index is 0.125. The number of aryl methyl sites for hydroxylation is 1. The van der Waals surface area contributed by atoms with Gasteiger partial charge in [-0.3, -0.25) is 14.9 Å². The van der Waals surface area contributed by atoms with E-state index in [-0.39, 0.29) is 28.7 Å². The number of carbonyl (C=O) groups is 2. The largest absolute Gasteiger partial charge is 0.462 e. The maximum absolute atomic E-state index is 13.0. The van der Waals surface area contributed by atoms with Crippen LogP contribution >= 0.6 is 22.9 Å². The highest BCUT2D eigenvalue weighted by Crippen LogP contribution is 2.39. The molecule has 0 fully saturated rings. The number of halogens is 1. The van der Waals surface area contributed by atoms with Crippen LogP contribution in [0.25, 0.3) is 17.4 Å². The number of nitrogens with one attached hydrogen (secondary N) is 1. The summed E-state index contributed by atoms with van der Waals surface area (Å²) in [6.45, 7) is 1.92. The number of nitro benzene ring substituents is 1. The van der Waals surface area contributed by atoms with Crippen molar-refractivity contribution in [3.8, 4) is 17.4 Å². The van der Waals surface area contributed by atoms with Crippen LogP contribution in [-0.4, -0.2) is 23.4 Å². The number of nitro groups is 1.